The van der Waals surface area contributed by atoms with Crippen molar-refractivity contribution in [1.29, 1.82) is 0 Å². The molecule has 1 atom stereocenters. The minimum atomic E-state index is -0.901. The molecule has 0 spiro atoms. The van der Waals surface area contributed by atoms with Gasteiger partial charge in [-0.15, -0.1) is 0 Å². The monoisotopic (exact) mass is 174 g/mol. The Morgan fingerprint density at radius 1 is 1.58 bits per heavy atom. The highest BCUT2D eigenvalue weighted by Gasteiger charge is 2.20. The van der Waals surface area contributed by atoms with Crippen molar-refractivity contribution < 1.29 is 19.4 Å². The van der Waals surface area contributed by atoms with Crippen LogP contribution in [0, 0.1) is 0 Å². The summed E-state index contributed by atoms with van der Waals surface area (Å²) in [7, 11) is 0. The molecule has 1 heterocycles. The number of rotatable bonds is 3. The predicted molar refractivity (Wildman–Crippen MR) is 42.0 cm³/mol. The van der Waals surface area contributed by atoms with Crippen molar-refractivity contribution >= 4 is 5.97 Å². The SMILES string of the molecule is C[C@H](OC1CCOCC1)C(=O)O. The van der Waals surface area contributed by atoms with E-state index in [0.717, 1.165) is 12.8 Å². The molecule has 0 radical (unpaired) electrons. The third kappa shape index (κ3) is 2.79. The quantitative estimate of drug-likeness (QED) is 0.682. The first kappa shape index (κ1) is 9.48. The van der Waals surface area contributed by atoms with Crippen LogP contribution >= 0.6 is 0 Å². The maximum Gasteiger partial charge on any atom is 0.332 e. The molecule has 70 valence electrons. The molecular formula is C8H14O4. The van der Waals surface area contributed by atoms with Gasteiger partial charge in [-0.3, -0.25) is 0 Å². The maximum atomic E-state index is 10.4. The van der Waals surface area contributed by atoms with Crippen molar-refractivity contribution in [3.63, 3.8) is 0 Å². The Bertz CT molecular complexity index is 151. The number of carboxylic acids is 1. The molecule has 0 saturated carbocycles. The summed E-state index contributed by atoms with van der Waals surface area (Å²) in [6.45, 7) is 2.91. The highest BCUT2D eigenvalue weighted by Crippen LogP contribution is 2.12. The first-order valence-electron chi connectivity index (χ1n) is 4.16. The van der Waals surface area contributed by atoms with Crippen LogP contribution in [0.15, 0.2) is 0 Å². The standard InChI is InChI=1S/C8H14O4/c1-6(8(9)10)12-7-2-4-11-5-3-7/h6-7H,2-5H2,1H3,(H,9,10)/t6-/m0/s1. The Morgan fingerprint density at radius 3 is 2.67 bits per heavy atom. The molecule has 4 heteroatoms. The van der Waals surface area contributed by atoms with Crippen LogP contribution in [0.1, 0.15) is 19.8 Å². The molecule has 0 aromatic carbocycles. The molecule has 1 aliphatic rings. The third-order valence-electron chi connectivity index (χ3n) is 1.91. The predicted octanol–water partition coefficient (Wildman–Crippen LogP) is 0.655. The average molecular weight is 174 g/mol. The highest BCUT2D eigenvalue weighted by atomic mass is 16.5. The highest BCUT2D eigenvalue weighted by molar-refractivity contribution is 5.71. The second kappa shape index (κ2) is 4.42. The van der Waals surface area contributed by atoms with Crippen molar-refractivity contribution in [2.45, 2.75) is 32.0 Å². The summed E-state index contributed by atoms with van der Waals surface area (Å²) in [5.74, 6) is -0.901. The van der Waals surface area contributed by atoms with Gasteiger partial charge in [0, 0.05) is 13.2 Å². The van der Waals surface area contributed by atoms with E-state index in [-0.39, 0.29) is 6.10 Å². The van der Waals surface area contributed by atoms with Crippen LogP contribution < -0.4 is 0 Å². The van der Waals surface area contributed by atoms with Gasteiger partial charge in [0.1, 0.15) is 0 Å². The summed E-state index contributed by atoms with van der Waals surface area (Å²) in [6.07, 6.45) is 0.966. The lowest BCUT2D eigenvalue weighted by Gasteiger charge is -2.24. The largest absolute Gasteiger partial charge is 0.479 e. The lowest BCUT2D eigenvalue weighted by molar-refractivity contribution is -0.156. The Morgan fingerprint density at radius 2 is 2.17 bits per heavy atom. The first-order valence-corrected chi connectivity index (χ1v) is 4.16. The molecule has 1 saturated heterocycles. The first-order chi connectivity index (χ1) is 5.70. The lowest BCUT2D eigenvalue weighted by atomic mass is 10.1. The molecule has 0 aromatic heterocycles. The topological polar surface area (TPSA) is 55.8 Å². The zero-order valence-corrected chi connectivity index (χ0v) is 7.16. The zero-order chi connectivity index (χ0) is 8.97. The van der Waals surface area contributed by atoms with E-state index in [2.05, 4.69) is 0 Å². The fourth-order valence-corrected chi connectivity index (χ4v) is 1.16. The van der Waals surface area contributed by atoms with Gasteiger partial charge in [0.25, 0.3) is 0 Å². The molecule has 4 nitrogen and oxygen atoms in total. The van der Waals surface area contributed by atoms with E-state index >= 15 is 0 Å². The van der Waals surface area contributed by atoms with Gasteiger partial charge in [-0.25, -0.2) is 4.79 Å². The van der Waals surface area contributed by atoms with Gasteiger partial charge in [-0.1, -0.05) is 0 Å². The molecule has 0 amide bonds. The number of hydrogen-bond acceptors (Lipinski definition) is 3. The minimum absolute atomic E-state index is 0.0600. The summed E-state index contributed by atoms with van der Waals surface area (Å²) >= 11 is 0. The van der Waals surface area contributed by atoms with E-state index < -0.39 is 12.1 Å². The molecule has 12 heavy (non-hydrogen) atoms. The van der Waals surface area contributed by atoms with Crippen molar-refractivity contribution in [2.24, 2.45) is 0 Å². The van der Waals surface area contributed by atoms with Crippen LogP contribution in [-0.2, 0) is 14.3 Å². The number of carboxylic acid groups (broad SMARTS) is 1. The number of ether oxygens (including phenoxy) is 2. The second-order valence-corrected chi connectivity index (χ2v) is 2.93. The Kier molecular flexibility index (Phi) is 3.49. The minimum Gasteiger partial charge on any atom is -0.479 e. The maximum absolute atomic E-state index is 10.4. The van der Waals surface area contributed by atoms with Crippen LogP contribution in [0.4, 0.5) is 0 Å². The van der Waals surface area contributed by atoms with E-state index in [1.54, 1.807) is 6.92 Å². The van der Waals surface area contributed by atoms with Crippen LogP contribution in [-0.4, -0.2) is 36.5 Å². The van der Waals surface area contributed by atoms with Gasteiger partial charge in [-0.05, 0) is 19.8 Å². The van der Waals surface area contributed by atoms with Gasteiger partial charge in [0.15, 0.2) is 6.10 Å². The van der Waals surface area contributed by atoms with Gasteiger partial charge in [0.2, 0.25) is 0 Å². The zero-order valence-electron chi connectivity index (χ0n) is 7.16. The van der Waals surface area contributed by atoms with Crippen molar-refractivity contribution in [3.05, 3.63) is 0 Å². The Labute approximate surface area is 71.5 Å². The summed E-state index contributed by atoms with van der Waals surface area (Å²) in [4.78, 5) is 10.4. The van der Waals surface area contributed by atoms with Gasteiger partial charge in [-0.2, -0.15) is 0 Å². The van der Waals surface area contributed by atoms with Crippen molar-refractivity contribution in [2.75, 3.05) is 13.2 Å². The van der Waals surface area contributed by atoms with Crippen LogP contribution in [0.3, 0.4) is 0 Å². The Balaban J connectivity index is 2.24. The molecule has 0 unspecified atom stereocenters. The van der Waals surface area contributed by atoms with Crippen LogP contribution in [0.25, 0.3) is 0 Å². The number of aliphatic carboxylic acids is 1. The normalized spacial score (nSPS) is 22.1. The summed E-state index contributed by atoms with van der Waals surface area (Å²) in [5, 5.41) is 8.56. The summed E-state index contributed by atoms with van der Waals surface area (Å²) in [5.41, 5.74) is 0. The van der Waals surface area contributed by atoms with E-state index in [0.29, 0.717) is 13.2 Å². The molecule has 1 N–H and O–H groups in total. The summed E-state index contributed by atoms with van der Waals surface area (Å²) < 4.78 is 10.4. The molecule has 1 aliphatic heterocycles. The Hall–Kier alpha value is -0.610. The van der Waals surface area contributed by atoms with Crippen molar-refractivity contribution in [1.82, 2.24) is 0 Å². The smallest absolute Gasteiger partial charge is 0.332 e. The fraction of sp³-hybridized carbons (Fsp3) is 0.875. The van der Waals surface area contributed by atoms with E-state index in [1.165, 1.54) is 0 Å². The molecule has 1 rings (SSSR count). The molecular weight excluding hydrogens is 160 g/mol. The van der Waals surface area contributed by atoms with Crippen LogP contribution in [0.5, 0.6) is 0 Å². The second-order valence-electron chi connectivity index (χ2n) is 2.93. The number of hydrogen-bond donors (Lipinski definition) is 1. The van der Waals surface area contributed by atoms with E-state index in [4.69, 9.17) is 14.6 Å². The van der Waals surface area contributed by atoms with Gasteiger partial charge >= 0.3 is 5.97 Å². The average Bonchev–Trinajstić information content (AvgIpc) is 2.06. The molecule has 0 aliphatic carbocycles. The van der Waals surface area contributed by atoms with Gasteiger partial charge < -0.3 is 14.6 Å². The molecule has 1 fully saturated rings. The van der Waals surface area contributed by atoms with Crippen molar-refractivity contribution in [3.8, 4) is 0 Å². The lowest BCUT2D eigenvalue weighted by Crippen LogP contribution is -2.30. The van der Waals surface area contributed by atoms with E-state index in [9.17, 15) is 4.79 Å². The number of carbonyl (C=O) groups is 1. The van der Waals surface area contributed by atoms with Gasteiger partial charge in [0.05, 0.1) is 6.10 Å². The third-order valence-corrected chi connectivity index (χ3v) is 1.91. The molecule has 0 bridgehead atoms. The van der Waals surface area contributed by atoms with Crippen LogP contribution in [0.2, 0.25) is 0 Å². The molecule has 0 aromatic rings. The van der Waals surface area contributed by atoms with E-state index in [1.807, 2.05) is 0 Å². The fourth-order valence-electron chi connectivity index (χ4n) is 1.16. The summed E-state index contributed by atoms with van der Waals surface area (Å²) in [6, 6.07) is 0.